The van der Waals surface area contributed by atoms with Crippen molar-refractivity contribution in [3.63, 3.8) is 0 Å². The smallest absolute Gasteiger partial charge is 0.308 e. The van der Waals surface area contributed by atoms with Gasteiger partial charge in [0.05, 0.1) is 12.3 Å². The maximum Gasteiger partial charge on any atom is 0.308 e. The fraction of sp³-hybridized carbons (Fsp3) is 0.138. The SMILES string of the molecule is CC(=O)Oc1ccc(-c2cc(CCC[P+](c3ccccc3)(c3ccccc3)c3ccccc3)ccc2OC(C)=O)cc1CCC[P+](c1ccccc1)(c1ccccc1)c1ccccc1. The summed E-state index contributed by atoms with van der Waals surface area (Å²) in [6, 6.07) is 77.9. The third kappa shape index (κ3) is 9.85. The highest BCUT2D eigenvalue weighted by Gasteiger charge is 2.46. The molecule has 0 atom stereocenters. The number of carbonyl (C=O) groups excluding carboxylic acids is 2. The Balaban J connectivity index is 1.13. The van der Waals surface area contributed by atoms with Gasteiger partial charge in [-0.2, -0.15) is 0 Å². The van der Waals surface area contributed by atoms with Gasteiger partial charge in [-0.1, -0.05) is 121 Å². The van der Waals surface area contributed by atoms with Gasteiger partial charge < -0.3 is 9.47 Å². The van der Waals surface area contributed by atoms with E-state index in [1.54, 1.807) is 0 Å². The molecule has 0 radical (unpaired) electrons. The molecule has 0 fully saturated rings. The topological polar surface area (TPSA) is 52.6 Å². The number of ether oxygens (including phenoxy) is 2. The van der Waals surface area contributed by atoms with Gasteiger partial charge in [0.1, 0.15) is 57.9 Å². The standard InChI is InChI=1S/C58H54O4P2/c1-45(59)61-57-40-38-48(44-49(57)24-22-42-64(53-31-15-6-16-32-53,54-33-17-7-18-34-54)55-35-19-8-20-36-55)56-43-47(37-39-58(56)62-46(2)60)23-21-41-63(50-25-9-3-10-26-50,51-27-11-4-12-28-51)52-29-13-5-14-30-52/h3-20,25-40,43-44H,21-24,41-42H2,1-2H3/q+2. The zero-order chi connectivity index (χ0) is 44.2. The first kappa shape index (κ1) is 44.2. The summed E-state index contributed by atoms with van der Waals surface area (Å²) in [7, 11) is -4.08. The number of carbonyl (C=O) groups is 2. The number of rotatable bonds is 17. The molecule has 8 aromatic carbocycles. The Labute approximate surface area is 379 Å². The summed E-state index contributed by atoms with van der Waals surface area (Å²) < 4.78 is 11.8. The van der Waals surface area contributed by atoms with Gasteiger partial charge in [0.2, 0.25) is 0 Å². The van der Waals surface area contributed by atoms with E-state index in [1.807, 2.05) is 18.2 Å². The minimum atomic E-state index is -2.08. The lowest BCUT2D eigenvalue weighted by molar-refractivity contribution is -0.132. The summed E-state index contributed by atoms with van der Waals surface area (Å²) in [6.45, 7) is 2.88. The molecule has 0 heterocycles. The van der Waals surface area contributed by atoms with Crippen LogP contribution in [0.4, 0.5) is 0 Å². The lowest BCUT2D eigenvalue weighted by Gasteiger charge is -2.28. The molecule has 0 aromatic heterocycles. The molecule has 0 amide bonds. The van der Waals surface area contributed by atoms with E-state index in [1.165, 1.54) is 45.7 Å². The van der Waals surface area contributed by atoms with Crippen molar-refractivity contribution in [1.82, 2.24) is 0 Å². The van der Waals surface area contributed by atoms with Gasteiger partial charge in [0.15, 0.2) is 0 Å². The third-order valence-corrected chi connectivity index (χ3v) is 21.1. The Morgan fingerprint density at radius 3 is 1.11 bits per heavy atom. The molecule has 0 aliphatic heterocycles. The fourth-order valence-corrected chi connectivity index (χ4v) is 17.9. The molecular weight excluding hydrogens is 823 g/mol. The van der Waals surface area contributed by atoms with E-state index in [0.717, 1.165) is 53.8 Å². The van der Waals surface area contributed by atoms with E-state index >= 15 is 0 Å². The lowest BCUT2D eigenvalue weighted by Crippen LogP contribution is -2.33. The molecule has 8 rings (SSSR count). The number of esters is 2. The molecule has 64 heavy (non-hydrogen) atoms. The summed E-state index contributed by atoms with van der Waals surface area (Å²) in [5.41, 5.74) is 3.83. The van der Waals surface area contributed by atoms with Gasteiger partial charge in [0.25, 0.3) is 0 Å². The molecule has 8 aromatic rings. The number of hydrogen-bond acceptors (Lipinski definition) is 4. The molecule has 0 unspecified atom stereocenters. The van der Waals surface area contributed by atoms with E-state index in [2.05, 4.69) is 200 Å². The monoisotopic (exact) mass is 876 g/mol. The van der Waals surface area contributed by atoms with Gasteiger partial charge in [-0.3, -0.25) is 9.59 Å². The molecule has 0 N–H and O–H groups in total. The van der Waals surface area contributed by atoms with Crippen molar-refractivity contribution in [3.05, 3.63) is 230 Å². The molecule has 0 aliphatic carbocycles. The van der Waals surface area contributed by atoms with Crippen molar-refractivity contribution in [2.45, 2.75) is 39.5 Å². The second-order valence-electron chi connectivity index (χ2n) is 16.1. The first-order chi connectivity index (χ1) is 31.4. The summed E-state index contributed by atoms with van der Waals surface area (Å²) in [5, 5.41) is 8.11. The highest BCUT2D eigenvalue weighted by Crippen LogP contribution is 2.57. The molecular formula is C58H54O4P2+2. The summed E-state index contributed by atoms with van der Waals surface area (Å²) in [6.07, 6.45) is 5.22. The minimum Gasteiger partial charge on any atom is -0.426 e. The molecule has 4 nitrogen and oxygen atoms in total. The van der Waals surface area contributed by atoms with E-state index in [9.17, 15) is 9.59 Å². The maximum atomic E-state index is 12.5. The fourth-order valence-electron chi connectivity index (χ4n) is 9.19. The second-order valence-corrected chi connectivity index (χ2v) is 23.4. The Morgan fingerprint density at radius 1 is 0.391 bits per heavy atom. The highest BCUT2D eigenvalue weighted by molar-refractivity contribution is 7.96. The van der Waals surface area contributed by atoms with Crippen LogP contribution in [0.5, 0.6) is 11.5 Å². The lowest BCUT2D eigenvalue weighted by atomic mass is 9.97. The molecule has 0 aliphatic rings. The van der Waals surface area contributed by atoms with Crippen molar-refractivity contribution >= 4 is 58.3 Å². The normalized spacial score (nSPS) is 11.5. The third-order valence-electron chi connectivity index (χ3n) is 12.0. The molecule has 0 spiro atoms. The average molecular weight is 877 g/mol. The number of benzene rings is 8. The van der Waals surface area contributed by atoms with Crippen LogP contribution in [0, 0.1) is 0 Å². The van der Waals surface area contributed by atoms with E-state index < -0.39 is 14.5 Å². The van der Waals surface area contributed by atoms with Gasteiger partial charge in [0, 0.05) is 19.4 Å². The van der Waals surface area contributed by atoms with Gasteiger partial charge in [-0.05, 0) is 139 Å². The largest absolute Gasteiger partial charge is 0.426 e. The zero-order valence-corrected chi connectivity index (χ0v) is 38.3. The van der Waals surface area contributed by atoms with Crippen LogP contribution in [0.25, 0.3) is 11.1 Å². The highest BCUT2D eigenvalue weighted by atomic mass is 31.2. The van der Waals surface area contributed by atoms with Crippen molar-refractivity contribution < 1.29 is 19.1 Å². The van der Waals surface area contributed by atoms with Crippen molar-refractivity contribution in [3.8, 4) is 22.6 Å². The van der Waals surface area contributed by atoms with Gasteiger partial charge in [-0.15, -0.1) is 0 Å². The predicted molar refractivity (Wildman–Crippen MR) is 271 cm³/mol. The Kier molecular flexibility index (Phi) is 14.4. The molecule has 6 heteroatoms. The first-order valence-corrected chi connectivity index (χ1v) is 26.0. The van der Waals surface area contributed by atoms with Gasteiger partial charge in [-0.25, -0.2) is 0 Å². The molecule has 0 saturated carbocycles. The second kappa shape index (κ2) is 20.8. The minimum absolute atomic E-state index is 0.364. The summed E-state index contributed by atoms with van der Waals surface area (Å²) in [5.74, 6) is 0.311. The maximum absolute atomic E-state index is 12.5. The summed E-state index contributed by atoms with van der Waals surface area (Å²) >= 11 is 0. The zero-order valence-electron chi connectivity index (χ0n) is 36.6. The Hall–Kier alpha value is -6.44. The Morgan fingerprint density at radius 2 is 0.734 bits per heavy atom. The van der Waals surface area contributed by atoms with Crippen molar-refractivity contribution in [2.24, 2.45) is 0 Å². The molecule has 0 bridgehead atoms. The van der Waals surface area contributed by atoms with E-state index in [-0.39, 0.29) is 11.9 Å². The van der Waals surface area contributed by atoms with Crippen LogP contribution in [0.15, 0.2) is 218 Å². The average Bonchev–Trinajstić information content (AvgIpc) is 3.34. The Bertz CT molecular complexity index is 2570. The van der Waals surface area contributed by atoms with Crippen LogP contribution in [0.2, 0.25) is 0 Å². The number of aryl methyl sites for hydroxylation is 2. The van der Waals surface area contributed by atoms with Crippen molar-refractivity contribution in [2.75, 3.05) is 12.3 Å². The van der Waals surface area contributed by atoms with Crippen LogP contribution in [0.3, 0.4) is 0 Å². The van der Waals surface area contributed by atoms with Crippen LogP contribution in [-0.4, -0.2) is 24.3 Å². The van der Waals surface area contributed by atoms with Crippen LogP contribution in [0.1, 0.15) is 37.8 Å². The van der Waals surface area contributed by atoms with Crippen LogP contribution >= 0.6 is 14.5 Å². The number of hydrogen-bond donors (Lipinski definition) is 0. The summed E-state index contributed by atoms with van der Waals surface area (Å²) in [4.78, 5) is 25.0. The van der Waals surface area contributed by atoms with Gasteiger partial charge >= 0.3 is 11.9 Å². The van der Waals surface area contributed by atoms with Crippen LogP contribution < -0.4 is 41.3 Å². The van der Waals surface area contributed by atoms with Crippen LogP contribution in [-0.2, 0) is 22.4 Å². The van der Waals surface area contributed by atoms with E-state index in [4.69, 9.17) is 9.47 Å². The van der Waals surface area contributed by atoms with E-state index in [0.29, 0.717) is 17.9 Å². The van der Waals surface area contributed by atoms with Crippen molar-refractivity contribution in [1.29, 1.82) is 0 Å². The quantitative estimate of drug-likeness (QED) is 0.0520. The predicted octanol–water partition coefficient (Wildman–Crippen LogP) is 11.1. The molecule has 0 saturated heterocycles. The molecule has 318 valence electrons. The first-order valence-electron chi connectivity index (χ1n) is 22.1.